The van der Waals surface area contributed by atoms with Gasteiger partial charge in [0, 0.05) is 22.2 Å². The topological polar surface area (TPSA) is 108 Å². The standard InChI is InChI=1S/C18H11F2NO3S.C16H7F2NO3S/c1-2-24-18(23)10-8-21-12-5-3-4-6-13(12)25-17-14(20)11(19)7-9(15(17)21)16(10)22;17-9-5-7-13-15(12(9)18)23-11-4-2-1-3-10(11)19(13)6-8(14(7)20)16(21)22/h3-8H,2H2,1H3;1-6H,(H,21,22). The number of carboxylic acid groups (broad SMARTS) is 1. The van der Waals surface area contributed by atoms with Crippen LogP contribution in [0.5, 0.6) is 0 Å². The fourth-order valence-corrected chi connectivity index (χ4v) is 7.84. The highest BCUT2D eigenvalue weighted by Gasteiger charge is 2.29. The van der Waals surface area contributed by atoms with Crippen molar-refractivity contribution in [2.75, 3.05) is 6.61 Å². The van der Waals surface area contributed by atoms with Crippen molar-refractivity contribution in [1.29, 1.82) is 0 Å². The van der Waals surface area contributed by atoms with Crippen LogP contribution in [0.15, 0.2) is 102 Å². The monoisotopic (exact) mass is 690 g/mol. The summed E-state index contributed by atoms with van der Waals surface area (Å²) >= 11 is 2.07. The molecular weight excluding hydrogens is 673 g/mol. The summed E-state index contributed by atoms with van der Waals surface area (Å²) < 4.78 is 64.3. The second kappa shape index (κ2) is 11.7. The number of halogens is 4. The number of pyridine rings is 2. The molecule has 2 aliphatic rings. The Bertz CT molecular complexity index is 2530. The number of carboxylic acids is 1. The van der Waals surface area contributed by atoms with Gasteiger partial charge in [-0.05, 0) is 43.3 Å². The number of carbonyl (C=O) groups is 2. The highest BCUT2D eigenvalue weighted by molar-refractivity contribution is 8.00. The molecule has 0 aliphatic carbocycles. The molecule has 0 unspecified atom stereocenters. The summed E-state index contributed by atoms with van der Waals surface area (Å²) in [5.74, 6) is -6.57. The van der Waals surface area contributed by atoms with Gasteiger partial charge in [0.25, 0.3) is 0 Å². The minimum Gasteiger partial charge on any atom is -0.477 e. The number of ether oxygens (including phenoxy) is 1. The fourth-order valence-electron chi connectivity index (χ4n) is 5.58. The minimum atomic E-state index is -1.41. The molecule has 6 aromatic rings. The average molecular weight is 691 g/mol. The van der Waals surface area contributed by atoms with Gasteiger partial charge in [0.15, 0.2) is 23.3 Å². The first-order valence-electron chi connectivity index (χ1n) is 14.1. The third kappa shape index (κ3) is 4.78. The highest BCUT2D eigenvalue weighted by Crippen LogP contribution is 2.45. The summed E-state index contributed by atoms with van der Waals surface area (Å²) in [6.07, 6.45) is 2.49. The first-order chi connectivity index (χ1) is 23.0. The van der Waals surface area contributed by atoms with Gasteiger partial charge in [0.05, 0.1) is 49.6 Å². The van der Waals surface area contributed by atoms with Crippen LogP contribution in [0.1, 0.15) is 27.6 Å². The predicted molar refractivity (Wildman–Crippen MR) is 170 cm³/mol. The first-order valence-corrected chi connectivity index (χ1v) is 15.7. The molecule has 8 rings (SSSR count). The summed E-state index contributed by atoms with van der Waals surface area (Å²) in [5, 5.41) is 9.01. The van der Waals surface area contributed by atoms with Crippen LogP contribution >= 0.6 is 23.5 Å². The van der Waals surface area contributed by atoms with Crippen molar-refractivity contribution in [2.24, 2.45) is 0 Å². The Morgan fingerprint density at radius 2 is 1.17 bits per heavy atom. The lowest BCUT2D eigenvalue weighted by molar-refractivity contribution is 0.0523. The van der Waals surface area contributed by atoms with Gasteiger partial charge in [0.2, 0.25) is 10.9 Å². The molecule has 4 heterocycles. The second-order valence-electron chi connectivity index (χ2n) is 10.4. The molecule has 0 bridgehead atoms. The lowest BCUT2D eigenvalue weighted by Crippen LogP contribution is -2.22. The number of nitrogens with zero attached hydrogens (tertiary/aromatic N) is 2. The Morgan fingerprint density at radius 3 is 1.62 bits per heavy atom. The van der Waals surface area contributed by atoms with Crippen LogP contribution in [0.2, 0.25) is 0 Å². The lowest BCUT2D eigenvalue weighted by Gasteiger charge is -2.23. The van der Waals surface area contributed by atoms with Gasteiger partial charge in [-0.3, -0.25) is 9.59 Å². The van der Waals surface area contributed by atoms with Crippen LogP contribution in [0.25, 0.3) is 33.2 Å². The summed E-state index contributed by atoms with van der Waals surface area (Å²) in [7, 11) is 0. The van der Waals surface area contributed by atoms with Crippen LogP contribution in [0, 0.1) is 23.3 Å². The van der Waals surface area contributed by atoms with Crippen molar-refractivity contribution in [1.82, 2.24) is 9.13 Å². The fraction of sp³-hybridized carbons (Fsp3) is 0.0588. The molecule has 0 saturated heterocycles. The maximum atomic E-state index is 14.3. The van der Waals surface area contributed by atoms with Crippen molar-refractivity contribution < 1.29 is 37.0 Å². The van der Waals surface area contributed by atoms with Gasteiger partial charge in [-0.15, -0.1) is 0 Å². The van der Waals surface area contributed by atoms with E-state index in [1.807, 2.05) is 0 Å². The average Bonchev–Trinajstić information content (AvgIpc) is 3.07. The number of aromatic carboxylic acids is 1. The number of esters is 1. The van der Waals surface area contributed by atoms with Crippen molar-refractivity contribution in [3.63, 3.8) is 0 Å². The van der Waals surface area contributed by atoms with Crippen LogP contribution in [0.4, 0.5) is 17.6 Å². The predicted octanol–water partition coefficient (Wildman–Crippen LogP) is 7.34. The number of benzene rings is 4. The zero-order valence-electron chi connectivity index (χ0n) is 24.3. The Balaban J connectivity index is 0.000000152. The van der Waals surface area contributed by atoms with Gasteiger partial charge >= 0.3 is 11.9 Å². The van der Waals surface area contributed by atoms with Crippen LogP contribution in [-0.2, 0) is 4.74 Å². The molecule has 1 N–H and O–H groups in total. The van der Waals surface area contributed by atoms with E-state index in [1.54, 1.807) is 60.0 Å². The second-order valence-corrected chi connectivity index (χ2v) is 12.5. The molecule has 0 saturated carbocycles. The number of hydrogen-bond acceptors (Lipinski definition) is 7. The van der Waals surface area contributed by atoms with Crippen molar-refractivity contribution >= 4 is 57.3 Å². The van der Waals surface area contributed by atoms with E-state index in [-0.39, 0.29) is 43.8 Å². The summed E-state index contributed by atoms with van der Waals surface area (Å²) in [6.45, 7) is 1.73. The number of fused-ring (bicyclic) bond motifs is 4. The molecule has 0 atom stereocenters. The normalized spacial score (nSPS) is 12.2. The molecule has 0 fully saturated rings. The molecule has 0 radical (unpaired) electrons. The van der Waals surface area contributed by atoms with E-state index in [9.17, 15) is 41.8 Å². The number of hydrogen-bond donors (Lipinski definition) is 1. The van der Waals surface area contributed by atoms with Crippen LogP contribution < -0.4 is 10.9 Å². The van der Waals surface area contributed by atoms with Crippen molar-refractivity contribution in [3.8, 4) is 11.4 Å². The molecule has 2 aromatic heterocycles. The Hall–Kier alpha value is -5.34. The van der Waals surface area contributed by atoms with E-state index in [4.69, 9.17) is 4.74 Å². The third-order valence-corrected chi connectivity index (χ3v) is 9.96. The van der Waals surface area contributed by atoms with Crippen molar-refractivity contribution in [3.05, 3.63) is 128 Å². The van der Waals surface area contributed by atoms with Crippen LogP contribution in [-0.4, -0.2) is 32.8 Å². The summed E-state index contributed by atoms with van der Waals surface area (Å²) in [5.41, 5.74) is -0.480. The Labute approximate surface area is 275 Å². The number of aromatic nitrogens is 2. The van der Waals surface area contributed by atoms with Gasteiger partial charge in [-0.1, -0.05) is 47.8 Å². The molecular formula is C34H18F4N2O6S2. The summed E-state index contributed by atoms with van der Waals surface area (Å²) in [4.78, 5) is 49.7. The van der Waals surface area contributed by atoms with E-state index in [0.29, 0.717) is 21.2 Å². The molecule has 2 aliphatic heterocycles. The van der Waals surface area contributed by atoms with Crippen LogP contribution in [0.3, 0.4) is 0 Å². The maximum absolute atomic E-state index is 14.3. The molecule has 0 spiro atoms. The SMILES string of the molecule is CCOC(=O)c1cn2c3c(c(F)c(F)cc3c1=O)Sc1ccccc1-2.O=C(O)c1cn2c3c(c(F)c(F)cc3c1=O)Sc1ccccc1-2. The molecule has 48 heavy (non-hydrogen) atoms. The molecule has 14 heteroatoms. The maximum Gasteiger partial charge on any atom is 0.343 e. The Kier molecular flexibility index (Phi) is 7.63. The first kappa shape index (κ1) is 31.3. The van der Waals surface area contributed by atoms with Gasteiger partial charge in [0.1, 0.15) is 11.1 Å². The highest BCUT2D eigenvalue weighted by atomic mass is 32.2. The summed E-state index contributed by atoms with van der Waals surface area (Å²) in [6, 6.07) is 15.6. The van der Waals surface area contributed by atoms with Gasteiger partial charge in [-0.2, -0.15) is 0 Å². The van der Waals surface area contributed by atoms with E-state index >= 15 is 0 Å². The zero-order valence-corrected chi connectivity index (χ0v) is 26.0. The zero-order chi connectivity index (χ0) is 34.0. The Morgan fingerprint density at radius 1 is 0.729 bits per heavy atom. The van der Waals surface area contributed by atoms with Gasteiger partial charge < -0.3 is 19.0 Å². The molecule has 4 aromatic carbocycles. The molecule has 8 nitrogen and oxygen atoms in total. The van der Waals surface area contributed by atoms with E-state index in [1.165, 1.54) is 10.8 Å². The smallest absolute Gasteiger partial charge is 0.343 e. The largest absolute Gasteiger partial charge is 0.477 e. The van der Waals surface area contributed by atoms with Gasteiger partial charge in [-0.25, -0.2) is 27.2 Å². The number of para-hydroxylation sites is 2. The third-order valence-electron chi connectivity index (χ3n) is 7.68. The number of carbonyl (C=O) groups excluding carboxylic acids is 1. The van der Waals surface area contributed by atoms with Crippen molar-refractivity contribution in [2.45, 2.75) is 26.5 Å². The lowest BCUT2D eigenvalue weighted by atomic mass is 10.1. The quantitative estimate of drug-likeness (QED) is 0.152. The van der Waals surface area contributed by atoms with E-state index in [2.05, 4.69) is 0 Å². The number of rotatable bonds is 3. The molecule has 240 valence electrons. The van der Waals surface area contributed by atoms with E-state index in [0.717, 1.165) is 41.9 Å². The minimum absolute atomic E-state index is 0.0206. The molecule has 0 amide bonds. The van der Waals surface area contributed by atoms with E-state index < -0.39 is 51.6 Å².